The lowest BCUT2D eigenvalue weighted by Gasteiger charge is -2.33. The van der Waals surface area contributed by atoms with E-state index in [2.05, 4.69) is 25.5 Å². The number of hydrogen-bond donors (Lipinski definition) is 0. The van der Waals surface area contributed by atoms with Crippen LogP contribution in [0.2, 0.25) is 0 Å². The van der Waals surface area contributed by atoms with Crippen LogP contribution in [0.3, 0.4) is 0 Å². The first-order chi connectivity index (χ1) is 10.8. The van der Waals surface area contributed by atoms with Gasteiger partial charge in [0.1, 0.15) is 11.9 Å². The van der Waals surface area contributed by atoms with Gasteiger partial charge in [0.15, 0.2) is 11.5 Å². The Hall–Kier alpha value is -2.61. The minimum absolute atomic E-state index is 0.110. The Morgan fingerprint density at radius 2 is 2.00 bits per heavy atom. The van der Waals surface area contributed by atoms with Gasteiger partial charge >= 0.3 is 0 Å². The van der Waals surface area contributed by atoms with Crippen LogP contribution in [0, 0.1) is 5.82 Å². The van der Waals surface area contributed by atoms with E-state index in [1.54, 1.807) is 12.1 Å². The lowest BCUT2D eigenvalue weighted by molar-refractivity contribution is 0.0394. The average Bonchev–Trinajstić information content (AvgIpc) is 3.03. The lowest BCUT2D eigenvalue weighted by Crippen LogP contribution is -2.39. The van der Waals surface area contributed by atoms with Gasteiger partial charge in [-0.2, -0.15) is 0 Å². The monoisotopic (exact) mass is 300 g/mol. The molecule has 22 heavy (non-hydrogen) atoms. The molecular weight excluding hydrogens is 287 g/mol. The number of hydrogen-bond acceptors (Lipinski definition) is 6. The zero-order valence-corrected chi connectivity index (χ0v) is 11.6. The second-order valence-corrected chi connectivity index (χ2v) is 5.08. The highest BCUT2D eigenvalue weighted by Crippen LogP contribution is 2.25. The summed E-state index contributed by atoms with van der Waals surface area (Å²) >= 11 is 0. The van der Waals surface area contributed by atoms with E-state index in [9.17, 15) is 4.39 Å². The van der Waals surface area contributed by atoms with Gasteiger partial charge in [0.2, 0.25) is 0 Å². The molecule has 0 amide bonds. The highest BCUT2D eigenvalue weighted by atomic mass is 19.1. The van der Waals surface area contributed by atoms with E-state index in [-0.39, 0.29) is 11.9 Å². The number of anilines is 1. The quantitative estimate of drug-likeness (QED) is 0.709. The number of ether oxygens (including phenoxy) is 1. The summed E-state index contributed by atoms with van der Waals surface area (Å²) in [4.78, 5) is 2.11. The number of benzene rings is 1. The Morgan fingerprint density at radius 1 is 1.14 bits per heavy atom. The maximum atomic E-state index is 13.0. The molecule has 1 fully saturated rings. The van der Waals surface area contributed by atoms with Crippen molar-refractivity contribution in [1.29, 1.82) is 0 Å². The first-order valence-corrected chi connectivity index (χ1v) is 6.97. The summed E-state index contributed by atoms with van der Waals surface area (Å²) < 4.78 is 20.2. The average molecular weight is 300 g/mol. The number of rotatable bonds is 2. The van der Waals surface area contributed by atoms with Gasteiger partial charge < -0.3 is 9.64 Å². The molecular formula is C14H13FN6O. The highest BCUT2D eigenvalue weighted by molar-refractivity contribution is 5.45. The number of aromatic nitrogens is 5. The van der Waals surface area contributed by atoms with Crippen molar-refractivity contribution in [2.24, 2.45) is 0 Å². The standard InChI is InChI=1S/C14H13FN6O/c15-11-3-1-10(2-4-11)12-9-20(7-8-22-12)14-6-5-13-16-18-19-21(13)17-14/h1-6,12H,7-9H2/t12-/m0/s1. The minimum Gasteiger partial charge on any atom is -0.370 e. The molecule has 3 heterocycles. The van der Waals surface area contributed by atoms with E-state index < -0.39 is 0 Å². The number of fused-ring (bicyclic) bond motifs is 1. The molecule has 8 heteroatoms. The van der Waals surface area contributed by atoms with E-state index in [4.69, 9.17) is 4.74 Å². The lowest BCUT2D eigenvalue weighted by atomic mass is 10.1. The van der Waals surface area contributed by atoms with Crippen LogP contribution in [-0.4, -0.2) is 45.0 Å². The smallest absolute Gasteiger partial charge is 0.200 e. The minimum atomic E-state index is -0.248. The summed E-state index contributed by atoms with van der Waals surface area (Å²) in [6, 6.07) is 10.1. The second-order valence-electron chi connectivity index (χ2n) is 5.08. The molecule has 0 bridgehead atoms. The molecule has 7 nitrogen and oxygen atoms in total. The Morgan fingerprint density at radius 3 is 2.86 bits per heavy atom. The van der Waals surface area contributed by atoms with Gasteiger partial charge in [-0.3, -0.25) is 0 Å². The van der Waals surface area contributed by atoms with E-state index in [1.807, 2.05) is 12.1 Å². The summed E-state index contributed by atoms with van der Waals surface area (Å²) in [6.45, 7) is 1.96. The number of morpholine rings is 1. The fourth-order valence-corrected chi connectivity index (χ4v) is 2.55. The Bertz CT molecular complexity index is 789. The van der Waals surface area contributed by atoms with Crippen LogP contribution in [0.1, 0.15) is 11.7 Å². The molecule has 0 aliphatic carbocycles. The van der Waals surface area contributed by atoms with Crippen molar-refractivity contribution in [1.82, 2.24) is 25.3 Å². The van der Waals surface area contributed by atoms with Gasteiger partial charge in [-0.25, -0.2) is 4.39 Å². The predicted octanol–water partition coefficient (Wildman–Crippen LogP) is 1.24. The molecule has 0 unspecified atom stereocenters. The summed E-state index contributed by atoms with van der Waals surface area (Å²) in [6.07, 6.45) is -0.110. The molecule has 0 N–H and O–H groups in total. The van der Waals surface area contributed by atoms with E-state index in [0.29, 0.717) is 18.8 Å². The van der Waals surface area contributed by atoms with Crippen LogP contribution in [-0.2, 0) is 4.74 Å². The molecule has 1 saturated heterocycles. The molecule has 0 radical (unpaired) electrons. The zero-order chi connectivity index (χ0) is 14.9. The topological polar surface area (TPSA) is 68.4 Å². The summed E-state index contributed by atoms with van der Waals surface area (Å²) in [5, 5.41) is 15.6. The molecule has 3 aromatic rings. The van der Waals surface area contributed by atoms with Gasteiger partial charge in [0, 0.05) is 13.1 Å². The molecule has 0 saturated carbocycles. The van der Waals surface area contributed by atoms with E-state index in [1.165, 1.54) is 16.8 Å². The van der Waals surface area contributed by atoms with Gasteiger partial charge in [0.05, 0.1) is 6.61 Å². The molecule has 4 rings (SSSR count). The van der Waals surface area contributed by atoms with Crippen LogP contribution in [0.25, 0.3) is 5.65 Å². The normalized spacial score (nSPS) is 18.8. The molecule has 0 spiro atoms. The van der Waals surface area contributed by atoms with Gasteiger partial charge in [-0.05, 0) is 40.3 Å². The molecule has 1 atom stereocenters. The number of tetrazole rings is 1. The maximum Gasteiger partial charge on any atom is 0.200 e. The van der Waals surface area contributed by atoms with Crippen molar-refractivity contribution in [2.75, 3.05) is 24.6 Å². The fraction of sp³-hybridized carbons (Fsp3) is 0.286. The molecule has 2 aromatic heterocycles. The predicted molar refractivity (Wildman–Crippen MR) is 75.9 cm³/mol. The van der Waals surface area contributed by atoms with Crippen LogP contribution in [0.4, 0.5) is 10.2 Å². The SMILES string of the molecule is Fc1ccc([C@@H]2CN(c3ccc4nnnn4n3)CCO2)cc1. The van der Waals surface area contributed by atoms with Crippen molar-refractivity contribution in [3.8, 4) is 0 Å². The fourth-order valence-electron chi connectivity index (χ4n) is 2.55. The first kappa shape index (κ1) is 13.1. The Balaban J connectivity index is 1.58. The van der Waals surface area contributed by atoms with Crippen LogP contribution >= 0.6 is 0 Å². The zero-order valence-electron chi connectivity index (χ0n) is 11.6. The third-order valence-corrected chi connectivity index (χ3v) is 3.69. The second kappa shape index (κ2) is 5.30. The highest BCUT2D eigenvalue weighted by Gasteiger charge is 2.23. The van der Waals surface area contributed by atoms with Gasteiger partial charge in [-0.1, -0.05) is 12.1 Å². The van der Waals surface area contributed by atoms with Crippen LogP contribution in [0.5, 0.6) is 0 Å². The largest absolute Gasteiger partial charge is 0.370 e. The number of halogens is 1. The Kier molecular flexibility index (Phi) is 3.15. The van der Waals surface area contributed by atoms with Crippen molar-refractivity contribution < 1.29 is 9.13 Å². The van der Waals surface area contributed by atoms with Crippen molar-refractivity contribution in [2.45, 2.75) is 6.10 Å². The summed E-state index contributed by atoms with van der Waals surface area (Å²) in [5.41, 5.74) is 1.56. The Labute approximate surface area is 125 Å². The third kappa shape index (κ3) is 2.37. The maximum absolute atomic E-state index is 13.0. The number of nitrogens with zero attached hydrogens (tertiary/aromatic N) is 6. The van der Waals surface area contributed by atoms with E-state index in [0.717, 1.165) is 17.9 Å². The molecule has 1 aromatic carbocycles. The van der Waals surface area contributed by atoms with E-state index >= 15 is 0 Å². The molecule has 1 aliphatic heterocycles. The van der Waals surface area contributed by atoms with Crippen molar-refractivity contribution in [3.05, 3.63) is 47.8 Å². The van der Waals surface area contributed by atoms with Gasteiger partial charge in [-0.15, -0.1) is 14.8 Å². The van der Waals surface area contributed by atoms with Gasteiger partial charge in [0.25, 0.3) is 0 Å². The van der Waals surface area contributed by atoms with Crippen molar-refractivity contribution in [3.63, 3.8) is 0 Å². The summed E-state index contributed by atoms with van der Waals surface area (Å²) in [5.74, 6) is 0.539. The van der Waals surface area contributed by atoms with Crippen LogP contribution < -0.4 is 4.90 Å². The molecule has 112 valence electrons. The molecule has 1 aliphatic rings. The summed E-state index contributed by atoms with van der Waals surface area (Å²) in [7, 11) is 0. The van der Waals surface area contributed by atoms with Crippen LogP contribution in [0.15, 0.2) is 36.4 Å². The first-order valence-electron chi connectivity index (χ1n) is 6.97. The third-order valence-electron chi connectivity index (χ3n) is 3.69. The van der Waals surface area contributed by atoms with Crippen molar-refractivity contribution >= 4 is 11.5 Å².